The number of carbonyl (C=O) groups excluding carboxylic acids is 1. The molecule has 0 bridgehead atoms. The maximum absolute atomic E-state index is 12.6. The molecule has 1 saturated carbocycles. The number of likely N-dealkylation sites (tertiary alicyclic amines) is 1. The molecule has 1 atom stereocenters. The van der Waals surface area contributed by atoms with Crippen molar-refractivity contribution in [2.24, 2.45) is 5.92 Å². The molecule has 2 nitrogen and oxygen atoms in total. The number of nitrogens with zero attached hydrogens (tertiary/aromatic N) is 1. The third-order valence-electron chi connectivity index (χ3n) is 5.38. The average Bonchev–Trinajstić information content (AvgIpc) is 2.91. The second kappa shape index (κ2) is 7.90. The molecule has 0 spiro atoms. The molecule has 1 aliphatic heterocycles. The van der Waals surface area contributed by atoms with E-state index in [9.17, 15) is 4.79 Å². The SMILES string of the molecule is O=C1C(CCCc2ccc(Cl)cc2Cl)CCN1C1CCCCC1. The van der Waals surface area contributed by atoms with E-state index >= 15 is 0 Å². The summed E-state index contributed by atoms with van der Waals surface area (Å²) in [6.45, 7) is 0.968. The van der Waals surface area contributed by atoms with Crippen LogP contribution in [0.5, 0.6) is 0 Å². The number of aryl methyl sites for hydroxylation is 1. The average molecular weight is 354 g/mol. The monoisotopic (exact) mass is 353 g/mol. The molecule has 1 aliphatic carbocycles. The minimum Gasteiger partial charge on any atom is -0.339 e. The molecule has 1 heterocycles. The molecular weight excluding hydrogens is 329 g/mol. The minimum absolute atomic E-state index is 0.225. The topological polar surface area (TPSA) is 20.3 Å². The van der Waals surface area contributed by atoms with Gasteiger partial charge >= 0.3 is 0 Å². The second-order valence-corrected chi connectivity index (χ2v) is 7.78. The molecule has 1 aromatic carbocycles. The van der Waals surface area contributed by atoms with Crippen molar-refractivity contribution < 1.29 is 4.79 Å². The van der Waals surface area contributed by atoms with Crippen molar-refractivity contribution in [1.29, 1.82) is 0 Å². The smallest absolute Gasteiger partial charge is 0.225 e. The van der Waals surface area contributed by atoms with Crippen LogP contribution < -0.4 is 0 Å². The van der Waals surface area contributed by atoms with Crippen LogP contribution in [-0.4, -0.2) is 23.4 Å². The van der Waals surface area contributed by atoms with Crippen molar-refractivity contribution in [3.63, 3.8) is 0 Å². The molecule has 1 saturated heterocycles. The number of rotatable bonds is 5. The number of halogens is 2. The largest absolute Gasteiger partial charge is 0.339 e. The van der Waals surface area contributed by atoms with Crippen LogP contribution in [0.3, 0.4) is 0 Å². The Hall–Kier alpha value is -0.730. The Bertz CT molecular complexity index is 554. The number of amides is 1. The number of hydrogen-bond donors (Lipinski definition) is 0. The number of carbonyl (C=O) groups is 1. The van der Waals surface area contributed by atoms with Gasteiger partial charge in [-0.15, -0.1) is 0 Å². The summed E-state index contributed by atoms with van der Waals surface area (Å²) in [5.41, 5.74) is 1.13. The van der Waals surface area contributed by atoms with E-state index in [4.69, 9.17) is 23.2 Å². The summed E-state index contributed by atoms with van der Waals surface area (Å²) in [6.07, 6.45) is 10.3. The summed E-state index contributed by atoms with van der Waals surface area (Å²) in [5.74, 6) is 0.627. The van der Waals surface area contributed by atoms with Crippen molar-refractivity contribution in [3.8, 4) is 0 Å². The Morgan fingerprint density at radius 2 is 1.87 bits per heavy atom. The van der Waals surface area contributed by atoms with Gasteiger partial charge in [0.2, 0.25) is 5.91 Å². The fraction of sp³-hybridized carbons (Fsp3) is 0.632. The first-order valence-electron chi connectivity index (χ1n) is 8.89. The number of benzene rings is 1. The van der Waals surface area contributed by atoms with Crippen molar-refractivity contribution in [1.82, 2.24) is 4.90 Å². The normalized spacial score (nSPS) is 22.8. The fourth-order valence-electron chi connectivity index (χ4n) is 4.05. The van der Waals surface area contributed by atoms with Crippen LogP contribution >= 0.6 is 23.2 Å². The van der Waals surface area contributed by atoms with Crippen molar-refractivity contribution >= 4 is 29.1 Å². The van der Waals surface area contributed by atoms with Gasteiger partial charge in [-0.2, -0.15) is 0 Å². The van der Waals surface area contributed by atoms with Crippen LogP contribution in [0.25, 0.3) is 0 Å². The van der Waals surface area contributed by atoms with E-state index in [0.29, 0.717) is 17.0 Å². The van der Waals surface area contributed by atoms with Crippen LogP contribution in [0.4, 0.5) is 0 Å². The maximum atomic E-state index is 12.6. The van der Waals surface area contributed by atoms with Gasteiger partial charge in [0.1, 0.15) is 0 Å². The molecule has 4 heteroatoms. The zero-order valence-electron chi connectivity index (χ0n) is 13.6. The van der Waals surface area contributed by atoms with Crippen molar-refractivity contribution in [2.45, 2.75) is 63.8 Å². The van der Waals surface area contributed by atoms with Gasteiger partial charge in [0.25, 0.3) is 0 Å². The Morgan fingerprint density at radius 1 is 1.09 bits per heavy atom. The molecule has 2 aliphatic rings. The molecule has 1 amide bonds. The lowest BCUT2D eigenvalue weighted by Gasteiger charge is -2.31. The molecule has 0 N–H and O–H groups in total. The molecule has 1 unspecified atom stereocenters. The van der Waals surface area contributed by atoms with Crippen molar-refractivity contribution in [3.05, 3.63) is 33.8 Å². The predicted molar refractivity (Wildman–Crippen MR) is 96.1 cm³/mol. The first-order chi connectivity index (χ1) is 11.1. The summed E-state index contributed by atoms with van der Waals surface area (Å²) >= 11 is 12.1. The highest BCUT2D eigenvalue weighted by Crippen LogP contribution is 2.31. The van der Waals surface area contributed by atoms with Gasteiger partial charge in [-0.25, -0.2) is 0 Å². The lowest BCUT2D eigenvalue weighted by Crippen LogP contribution is -2.38. The molecular formula is C19H25Cl2NO. The van der Waals surface area contributed by atoms with Crippen LogP contribution in [0.2, 0.25) is 10.0 Å². The summed E-state index contributed by atoms with van der Waals surface area (Å²) in [6, 6.07) is 6.19. The Morgan fingerprint density at radius 3 is 2.61 bits per heavy atom. The van der Waals surface area contributed by atoms with E-state index in [-0.39, 0.29) is 5.92 Å². The highest BCUT2D eigenvalue weighted by molar-refractivity contribution is 6.35. The Balaban J connectivity index is 1.48. The van der Waals surface area contributed by atoms with Crippen LogP contribution in [0.1, 0.15) is 56.9 Å². The third-order valence-corrected chi connectivity index (χ3v) is 5.97. The molecule has 0 aromatic heterocycles. The highest BCUT2D eigenvalue weighted by Gasteiger charge is 2.35. The van der Waals surface area contributed by atoms with Gasteiger partial charge in [0, 0.05) is 28.5 Å². The molecule has 23 heavy (non-hydrogen) atoms. The maximum Gasteiger partial charge on any atom is 0.225 e. The van der Waals surface area contributed by atoms with Gasteiger partial charge in [-0.1, -0.05) is 48.5 Å². The molecule has 2 fully saturated rings. The Kier molecular flexibility index (Phi) is 5.87. The molecule has 0 radical (unpaired) electrons. The molecule has 126 valence electrons. The Labute approximate surface area is 149 Å². The van der Waals surface area contributed by atoms with Gasteiger partial charge in [0.05, 0.1) is 0 Å². The van der Waals surface area contributed by atoms with E-state index in [1.807, 2.05) is 12.1 Å². The van der Waals surface area contributed by atoms with Gasteiger partial charge in [-0.05, 0) is 56.2 Å². The van der Waals surface area contributed by atoms with E-state index in [1.54, 1.807) is 6.07 Å². The third kappa shape index (κ3) is 4.22. The van der Waals surface area contributed by atoms with E-state index in [0.717, 1.165) is 42.8 Å². The van der Waals surface area contributed by atoms with Gasteiger partial charge in [0.15, 0.2) is 0 Å². The van der Waals surface area contributed by atoms with Crippen molar-refractivity contribution in [2.75, 3.05) is 6.54 Å². The van der Waals surface area contributed by atoms with Gasteiger partial charge in [-0.3, -0.25) is 4.79 Å². The summed E-state index contributed by atoms with van der Waals surface area (Å²) in [7, 11) is 0. The first kappa shape index (κ1) is 17.1. The number of hydrogen-bond acceptors (Lipinski definition) is 1. The van der Waals surface area contributed by atoms with Crippen LogP contribution in [0, 0.1) is 5.92 Å². The standard InChI is InChI=1S/C19H25Cl2NO/c20-16-10-9-14(18(21)13-16)5-4-6-15-11-12-22(19(15)23)17-7-2-1-3-8-17/h9-10,13,15,17H,1-8,11-12H2. The summed E-state index contributed by atoms with van der Waals surface area (Å²) in [4.78, 5) is 14.8. The zero-order valence-corrected chi connectivity index (χ0v) is 15.1. The fourth-order valence-corrected chi connectivity index (χ4v) is 4.55. The first-order valence-corrected chi connectivity index (χ1v) is 9.65. The predicted octanol–water partition coefficient (Wildman–Crippen LogP) is 5.50. The highest BCUT2D eigenvalue weighted by atomic mass is 35.5. The summed E-state index contributed by atoms with van der Waals surface area (Å²) < 4.78 is 0. The minimum atomic E-state index is 0.225. The van der Waals surface area contributed by atoms with E-state index < -0.39 is 0 Å². The van der Waals surface area contributed by atoms with Crippen LogP contribution in [0.15, 0.2) is 18.2 Å². The molecule has 3 rings (SSSR count). The summed E-state index contributed by atoms with van der Waals surface area (Å²) in [5, 5.41) is 1.41. The van der Waals surface area contributed by atoms with Gasteiger partial charge < -0.3 is 4.90 Å². The van der Waals surface area contributed by atoms with E-state index in [1.165, 1.54) is 32.1 Å². The molecule has 1 aromatic rings. The lowest BCUT2D eigenvalue weighted by atomic mass is 9.94. The van der Waals surface area contributed by atoms with Crippen LogP contribution in [-0.2, 0) is 11.2 Å². The second-order valence-electron chi connectivity index (χ2n) is 6.94. The lowest BCUT2D eigenvalue weighted by molar-refractivity contribution is -0.133. The van der Waals surface area contributed by atoms with E-state index in [2.05, 4.69) is 4.90 Å². The quantitative estimate of drug-likeness (QED) is 0.684. The zero-order chi connectivity index (χ0) is 16.2.